The first-order valence-electron chi connectivity index (χ1n) is 4.05. The number of rotatable bonds is 0. The number of hydrogen-bond acceptors (Lipinski definition) is 3. The van der Waals surface area contributed by atoms with Gasteiger partial charge in [-0.2, -0.15) is 0 Å². The van der Waals surface area contributed by atoms with Crippen molar-refractivity contribution in [2.75, 3.05) is 6.16 Å². The third-order valence-electron chi connectivity index (χ3n) is 0.954. The third-order valence-corrected chi connectivity index (χ3v) is 2.53. The second-order valence-corrected chi connectivity index (χ2v) is 4.95. The zero-order valence-corrected chi connectivity index (χ0v) is 11.2. The summed E-state index contributed by atoms with van der Waals surface area (Å²) in [5, 5.41) is 14.8. The molecule has 0 aromatic heterocycles. The zero-order chi connectivity index (χ0) is 12.5. The van der Waals surface area contributed by atoms with Crippen molar-refractivity contribution in [1.82, 2.24) is 0 Å². The summed E-state index contributed by atoms with van der Waals surface area (Å²) < 4.78 is 10.5. The molecular formula is C8H15AlO6P. The molecule has 1 unspecified atom stereocenters. The molecule has 0 saturated heterocycles. The fourth-order valence-corrected chi connectivity index (χ4v) is 1.72. The minimum absolute atomic E-state index is 0. The Labute approximate surface area is 105 Å². The van der Waals surface area contributed by atoms with Crippen molar-refractivity contribution < 1.29 is 29.3 Å². The Hall–Kier alpha value is -0.598. The standard InChI is InChI=1S/C4H7O2P.2C2H4O2.Al/c5-7(6)3-1-2-4-7;2*1-2(3)4;/h1,3H,2,4H2,(H,5,6);2*1H3,(H,3,4);. The van der Waals surface area contributed by atoms with Crippen LogP contribution in [0.4, 0.5) is 0 Å². The van der Waals surface area contributed by atoms with E-state index in [1.54, 1.807) is 6.08 Å². The first-order chi connectivity index (χ1) is 6.67. The van der Waals surface area contributed by atoms with E-state index in [1.807, 2.05) is 0 Å². The van der Waals surface area contributed by atoms with Crippen molar-refractivity contribution in [2.45, 2.75) is 20.3 Å². The van der Waals surface area contributed by atoms with E-state index in [1.165, 1.54) is 5.82 Å². The predicted octanol–water partition coefficient (Wildman–Crippen LogP) is 0.975. The van der Waals surface area contributed by atoms with E-state index in [2.05, 4.69) is 0 Å². The zero-order valence-electron chi connectivity index (χ0n) is 9.16. The van der Waals surface area contributed by atoms with Gasteiger partial charge in [0.05, 0.1) is 0 Å². The average Bonchev–Trinajstić information content (AvgIpc) is 2.31. The van der Waals surface area contributed by atoms with Crippen LogP contribution in [-0.2, 0) is 14.2 Å². The lowest BCUT2D eigenvalue weighted by Gasteiger charge is -1.93. The van der Waals surface area contributed by atoms with Gasteiger partial charge in [0.2, 0.25) is 7.37 Å². The second-order valence-electron chi connectivity index (χ2n) is 2.69. The smallest absolute Gasteiger partial charge is 0.300 e. The van der Waals surface area contributed by atoms with Crippen LogP contribution in [0.15, 0.2) is 11.9 Å². The molecule has 1 aliphatic rings. The molecule has 0 aromatic carbocycles. The van der Waals surface area contributed by atoms with Crippen LogP contribution in [0.5, 0.6) is 0 Å². The van der Waals surface area contributed by atoms with Crippen LogP contribution in [0, 0.1) is 0 Å². The van der Waals surface area contributed by atoms with Crippen LogP contribution in [0.3, 0.4) is 0 Å². The molecule has 1 heterocycles. The average molecular weight is 265 g/mol. The summed E-state index contributed by atoms with van der Waals surface area (Å²) >= 11 is 0. The molecule has 8 heteroatoms. The summed E-state index contributed by atoms with van der Waals surface area (Å²) in [6, 6.07) is 0. The van der Waals surface area contributed by atoms with Crippen LogP contribution in [0.2, 0.25) is 0 Å². The van der Waals surface area contributed by atoms with Crippen LogP contribution in [-0.4, -0.2) is 50.6 Å². The molecule has 1 atom stereocenters. The Bertz CT molecular complexity index is 268. The molecule has 6 nitrogen and oxygen atoms in total. The molecule has 0 bridgehead atoms. The molecule has 91 valence electrons. The maximum atomic E-state index is 10.5. The first-order valence-corrected chi connectivity index (χ1v) is 5.97. The minimum Gasteiger partial charge on any atom is -0.481 e. The molecule has 0 spiro atoms. The highest BCUT2D eigenvalue weighted by molar-refractivity contribution is 7.61. The number of carboxylic acid groups (broad SMARTS) is 2. The molecule has 16 heavy (non-hydrogen) atoms. The van der Waals surface area contributed by atoms with Gasteiger partial charge in [-0.15, -0.1) is 0 Å². The Balaban J connectivity index is -0.000000166. The van der Waals surface area contributed by atoms with Crippen LogP contribution < -0.4 is 0 Å². The van der Waals surface area contributed by atoms with Gasteiger partial charge in [0.25, 0.3) is 11.9 Å². The second kappa shape index (κ2) is 10.9. The lowest BCUT2D eigenvalue weighted by Crippen LogP contribution is -1.78. The van der Waals surface area contributed by atoms with Gasteiger partial charge in [0.1, 0.15) is 0 Å². The van der Waals surface area contributed by atoms with Gasteiger partial charge in [-0.1, -0.05) is 6.08 Å². The van der Waals surface area contributed by atoms with E-state index in [0.717, 1.165) is 20.3 Å². The molecule has 0 amide bonds. The summed E-state index contributed by atoms with van der Waals surface area (Å²) in [6.07, 6.45) is 2.97. The topological polar surface area (TPSA) is 112 Å². The Morgan fingerprint density at radius 1 is 1.19 bits per heavy atom. The van der Waals surface area contributed by atoms with Crippen molar-refractivity contribution in [3.63, 3.8) is 0 Å². The van der Waals surface area contributed by atoms with Gasteiger partial charge in [-0.25, -0.2) is 0 Å². The SMILES string of the molecule is CC(=O)O.CC(=O)O.O=P1(O)C=CCC1.[Al]. The van der Waals surface area contributed by atoms with Crippen molar-refractivity contribution in [2.24, 2.45) is 0 Å². The van der Waals surface area contributed by atoms with E-state index in [9.17, 15) is 4.57 Å². The fourth-order valence-electron chi connectivity index (χ4n) is 0.573. The van der Waals surface area contributed by atoms with Crippen molar-refractivity contribution in [1.29, 1.82) is 0 Å². The summed E-state index contributed by atoms with van der Waals surface area (Å²) in [5.74, 6) is -0.257. The van der Waals surface area contributed by atoms with Gasteiger partial charge >= 0.3 is 0 Å². The van der Waals surface area contributed by atoms with Gasteiger partial charge in [0.15, 0.2) is 0 Å². The lowest BCUT2D eigenvalue weighted by atomic mass is 10.5. The molecule has 0 saturated carbocycles. The van der Waals surface area contributed by atoms with Crippen molar-refractivity contribution in [3.05, 3.63) is 11.9 Å². The number of carboxylic acids is 2. The summed E-state index contributed by atoms with van der Waals surface area (Å²) in [7, 11) is -2.72. The van der Waals surface area contributed by atoms with Gasteiger partial charge in [-0.05, 0) is 12.2 Å². The minimum atomic E-state index is -2.72. The molecule has 1 aliphatic heterocycles. The molecule has 0 aromatic rings. The maximum absolute atomic E-state index is 10.5. The van der Waals surface area contributed by atoms with E-state index < -0.39 is 19.3 Å². The molecule has 0 fully saturated rings. The molecule has 3 N–H and O–H groups in total. The Morgan fingerprint density at radius 3 is 1.56 bits per heavy atom. The number of hydrogen-bond donors (Lipinski definition) is 3. The van der Waals surface area contributed by atoms with E-state index in [0.29, 0.717) is 6.16 Å². The van der Waals surface area contributed by atoms with Crippen LogP contribution in [0.1, 0.15) is 20.3 Å². The van der Waals surface area contributed by atoms with Crippen LogP contribution >= 0.6 is 7.37 Å². The summed E-state index contributed by atoms with van der Waals surface area (Å²) in [5.41, 5.74) is 0. The molecule has 1 rings (SSSR count). The van der Waals surface area contributed by atoms with E-state index in [-0.39, 0.29) is 17.4 Å². The normalized spacial score (nSPS) is 20.4. The monoisotopic (exact) mass is 265 g/mol. The van der Waals surface area contributed by atoms with Gasteiger partial charge in [0, 0.05) is 37.4 Å². The highest BCUT2D eigenvalue weighted by Crippen LogP contribution is 2.46. The third kappa shape index (κ3) is 29.2. The van der Waals surface area contributed by atoms with Gasteiger partial charge in [-0.3, -0.25) is 14.2 Å². The first kappa shape index (κ1) is 20.8. The van der Waals surface area contributed by atoms with Crippen LogP contribution in [0.25, 0.3) is 0 Å². The molecule has 3 radical (unpaired) electrons. The Morgan fingerprint density at radius 2 is 1.50 bits per heavy atom. The number of aliphatic carboxylic acids is 2. The van der Waals surface area contributed by atoms with Crippen molar-refractivity contribution in [3.8, 4) is 0 Å². The van der Waals surface area contributed by atoms with Crippen molar-refractivity contribution >= 4 is 36.7 Å². The highest BCUT2D eigenvalue weighted by atomic mass is 31.2. The van der Waals surface area contributed by atoms with E-state index >= 15 is 0 Å². The highest BCUT2D eigenvalue weighted by Gasteiger charge is 2.16. The number of carbonyl (C=O) groups is 2. The fraction of sp³-hybridized carbons (Fsp3) is 0.500. The molecular weight excluding hydrogens is 250 g/mol. The predicted molar refractivity (Wildman–Crippen MR) is 60.8 cm³/mol. The maximum Gasteiger partial charge on any atom is 0.300 e. The summed E-state index contributed by atoms with van der Waals surface area (Å²) in [6.45, 7) is 2.17. The largest absolute Gasteiger partial charge is 0.481 e. The van der Waals surface area contributed by atoms with E-state index in [4.69, 9.17) is 24.7 Å². The van der Waals surface area contributed by atoms with Gasteiger partial charge < -0.3 is 15.1 Å². The molecule has 0 aliphatic carbocycles. The lowest BCUT2D eigenvalue weighted by molar-refractivity contribution is -0.135. The summed E-state index contributed by atoms with van der Waals surface area (Å²) in [4.78, 5) is 26.7. The Kier molecular flexibility index (Phi) is 14.2. The quantitative estimate of drug-likeness (QED) is 0.444. The number of allylic oxidation sites excluding steroid dienone is 1.